The fraction of sp³-hybridized carbons (Fsp3) is 0.517. The Balaban J connectivity index is 1.47. The van der Waals surface area contributed by atoms with E-state index in [2.05, 4.69) is 20.2 Å². The lowest BCUT2D eigenvalue weighted by Gasteiger charge is -2.34. The molecule has 0 bridgehead atoms. The van der Waals surface area contributed by atoms with E-state index < -0.39 is 0 Å². The zero-order chi connectivity index (χ0) is 27.6. The Morgan fingerprint density at radius 3 is 2.59 bits per heavy atom. The van der Waals surface area contributed by atoms with Crippen molar-refractivity contribution in [2.24, 2.45) is 0 Å². The minimum Gasteiger partial charge on any atom is -0.493 e. The molecule has 1 aromatic heterocycles. The number of ether oxygens (including phenoxy) is 5. The maximum atomic E-state index is 6.29. The molecule has 0 saturated carbocycles. The second-order valence-electron chi connectivity index (χ2n) is 9.77. The van der Waals surface area contributed by atoms with Crippen LogP contribution in [0, 0.1) is 20.8 Å². The largest absolute Gasteiger partial charge is 0.493 e. The molecule has 2 aliphatic heterocycles. The third-order valence-corrected chi connectivity index (χ3v) is 7.04. The molecule has 39 heavy (non-hydrogen) atoms. The quantitative estimate of drug-likeness (QED) is 0.448. The number of morpholine rings is 1. The minimum absolute atomic E-state index is 0.0674. The molecule has 0 aliphatic carbocycles. The molecule has 3 heterocycles. The zero-order valence-corrected chi connectivity index (χ0v) is 24.0. The van der Waals surface area contributed by atoms with Crippen LogP contribution >= 0.6 is 11.6 Å². The molecule has 10 heteroatoms. The van der Waals surface area contributed by atoms with Crippen LogP contribution in [0.25, 0.3) is 0 Å². The van der Waals surface area contributed by atoms with E-state index in [9.17, 15) is 0 Å². The van der Waals surface area contributed by atoms with Crippen LogP contribution in [0.3, 0.4) is 0 Å². The highest BCUT2D eigenvalue weighted by Gasteiger charge is 2.23. The van der Waals surface area contributed by atoms with Crippen molar-refractivity contribution in [2.75, 3.05) is 58.5 Å². The van der Waals surface area contributed by atoms with Gasteiger partial charge in [0.15, 0.2) is 17.8 Å². The molecular weight excluding hydrogens is 520 g/mol. The summed E-state index contributed by atoms with van der Waals surface area (Å²) in [5.74, 6) is 1.80. The van der Waals surface area contributed by atoms with Crippen molar-refractivity contribution in [3.05, 3.63) is 58.5 Å². The van der Waals surface area contributed by atoms with E-state index in [1.807, 2.05) is 51.1 Å². The van der Waals surface area contributed by atoms with Gasteiger partial charge in [0.05, 0.1) is 26.9 Å². The van der Waals surface area contributed by atoms with E-state index in [4.69, 9.17) is 35.3 Å². The molecule has 4 rings (SSSR count). The molecule has 1 unspecified atom stereocenters. The standard InChI is InChI=1S/C29H39ClN4O5/c1-20-14-23(6-7-25(20)30)33-29-21(2)15-26(35-4)27(16-22(3)31-19-32-29)39-18-24-17-34(10-13-36-24)9-8-28-37-11-5-12-38-28/h6-7,14-16,19,24,28H,5,8-13,17-18H2,1-4H3,(H,31,32,33). The Morgan fingerprint density at radius 1 is 1.00 bits per heavy atom. The van der Waals surface area contributed by atoms with Gasteiger partial charge in [-0.15, -0.1) is 0 Å². The van der Waals surface area contributed by atoms with E-state index in [1.54, 1.807) is 7.11 Å². The smallest absolute Gasteiger partial charge is 0.163 e. The number of hydrogen-bond acceptors (Lipinski definition) is 9. The number of hydrogen-bond donors (Lipinski definition) is 1. The summed E-state index contributed by atoms with van der Waals surface area (Å²) >= 11 is 6.20. The molecule has 1 aromatic carbocycles. The van der Waals surface area contributed by atoms with Gasteiger partial charge in [-0.2, -0.15) is 0 Å². The lowest BCUT2D eigenvalue weighted by atomic mass is 10.2. The van der Waals surface area contributed by atoms with Gasteiger partial charge in [-0.3, -0.25) is 4.90 Å². The van der Waals surface area contributed by atoms with E-state index in [1.165, 1.54) is 6.33 Å². The molecule has 212 valence electrons. The summed E-state index contributed by atoms with van der Waals surface area (Å²) in [4.78, 5) is 11.4. The van der Waals surface area contributed by atoms with E-state index in [0.717, 1.165) is 68.2 Å². The van der Waals surface area contributed by atoms with Gasteiger partial charge in [0.1, 0.15) is 24.9 Å². The van der Waals surface area contributed by atoms with Crippen LogP contribution in [0.2, 0.25) is 5.02 Å². The van der Waals surface area contributed by atoms with Crippen LogP contribution in [0.5, 0.6) is 11.5 Å². The number of nitrogens with one attached hydrogen (secondary N) is 1. The predicted octanol–water partition coefficient (Wildman–Crippen LogP) is 5.16. The Hall–Kier alpha value is -2.69. The van der Waals surface area contributed by atoms with Crippen molar-refractivity contribution in [3.8, 4) is 11.5 Å². The minimum atomic E-state index is -0.107. The number of aromatic nitrogens is 2. The molecule has 2 aliphatic rings. The average molecular weight is 559 g/mol. The predicted molar refractivity (Wildman–Crippen MR) is 152 cm³/mol. The molecule has 2 aromatic rings. The monoisotopic (exact) mass is 558 g/mol. The molecule has 2 saturated heterocycles. The summed E-state index contributed by atoms with van der Waals surface area (Å²) < 4.78 is 29.4. The fourth-order valence-electron chi connectivity index (χ4n) is 4.43. The summed E-state index contributed by atoms with van der Waals surface area (Å²) in [6.07, 6.45) is 3.18. The number of nitrogens with zero attached hydrogens (tertiary/aromatic N) is 3. The van der Waals surface area contributed by atoms with Gasteiger partial charge in [-0.1, -0.05) is 11.6 Å². The van der Waals surface area contributed by atoms with E-state index in [-0.39, 0.29) is 12.4 Å². The van der Waals surface area contributed by atoms with Crippen molar-refractivity contribution >= 4 is 23.1 Å². The maximum absolute atomic E-state index is 6.29. The van der Waals surface area contributed by atoms with Crippen LogP contribution in [0.15, 0.2) is 36.7 Å². The summed E-state index contributed by atoms with van der Waals surface area (Å²) in [7, 11) is 1.63. The second kappa shape index (κ2) is 14.6. The van der Waals surface area contributed by atoms with Crippen LogP contribution < -0.4 is 14.8 Å². The van der Waals surface area contributed by atoms with Crippen molar-refractivity contribution in [3.63, 3.8) is 0 Å². The molecule has 0 amide bonds. The molecule has 0 spiro atoms. The first kappa shape index (κ1) is 29.3. The molecule has 1 N–H and O–H groups in total. The fourth-order valence-corrected chi connectivity index (χ4v) is 4.55. The summed E-state index contributed by atoms with van der Waals surface area (Å²) in [6, 6.07) is 9.51. The molecular formula is C29H39ClN4O5. The van der Waals surface area contributed by atoms with Gasteiger partial charge >= 0.3 is 0 Å². The number of anilines is 2. The third-order valence-electron chi connectivity index (χ3n) is 6.62. The maximum Gasteiger partial charge on any atom is 0.163 e. The van der Waals surface area contributed by atoms with E-state index >= 15 is 0 Å². The number of rotatable bonds is 9. The third kappa shape index (κ3) is 8.91. The summed E-state index contributed by atoms with van der Waals surface area (Å²) in [6.45, 7) is 11.0. The normalized spacial score (nSPS) is 18.3. The second-order valence-corrected chi connectivity index (χ2v) is 10.2. The van der Waals surface area contributed by atoms with Crippen molar-refractivity contribution in [1.82, 2.24) is 14.9 Å². The Morgan fingerprint density at radius 2 is 1.82 bits per heavy atom. The van der Waals surface area contributed by atoms with Gasteiger partial charge in [0, 0.05) is 48.5 Å². The van der Waals surface area contributed by atoms with Crippen molar-refractivity contribution in [2.45, 2.75) is 46.0 Å². The first-order valence-corrected chi connectivity index (χ1v) is 13.8. The summed E-state index contributed by atoms with van der Waals surface area (Å²) in [5, 5.41) is 4.08. The summed E-state index contributed by atoms with van der Waals surface area (Å²) in [5.41, 5.74) is 3.44. The number of halogens is 1. The van der Waals surface area contributed by atoms with Gasteiger partial charge in [0.2, 0.25) is 0 Å². The van der Waals surface area contributed by atoms with E-state index in [0.29, 0.717) is 35.6 Å². The molecule has 0 radical (unpaired) electrons. The Labute approximate surface area is 236 Å². The molecule has 9 nitrogen and oxygen atoms in total. The highest BCUT2D eigenvalue weighted by molar-refractivity contribution is 6.31. The first-order valence-electron chi connectivity index (χ1n) is 13.4. The van der Waals surface area contributed by atoms with Crippen molar-refractivity contribution < 1.29 is 23.7 Å². The van der Waals surface area contributed by atoms with Crippen LogP contribution in [0.1, 0.15) is 29.7 Å². The number of methoxy groups -OCH3 is 1. The van der Waals surface area contributed by atoms with Crippen LogP contribution in [0.4, 0.5) is 11.5 Å². The van der Waals surface area contributed by atoms with Crippen LogP contribution in [-0.2, 0) is 14.2 Å². The van der Waals surface area contributed by atoms with Gasteiger partial charge < -0.3 is 29.0 Å². The molecule has 2 fully saturated rings. The Kier molecular flexibility index (Phi) is 11.0. The SMILES string of the molecule is COc1cc(C)c(Nc2ccc(Cl)c(C)c2)ncnc(C)cc1OCC1CN(CCC2OCCCO2)CCO1. The average Bonchev–Trinajstić information content (AvgIpc) is 2.94. The topological polar surface area (TPSA) is 87.2 Å². The van der Waals surface area contributed by atoms with Gasteiger partial charge in [0.25, 0.3) is 0 Å². The van der Waals surface area contributed by atoms with Gasteiger partial charge in [-0.05, 0) is 62.6 Å². The lowest BCUT2D eigenvalue weighted by molar-refractivity contribution is -0.184. The van der Waals surface area contributed by atoms with Crippen molar-refractivity contribution in [1.29, 1.82) is 0 Å². The van der Waals surface area contributed by atoms with Crippen LogP contribution in [-0.4, -0.2) is 80.4 Å². The lowest BCUT2D eigenvalue weighted by Crippen LogP contribution is -2.46. The Bertz CT molecular complexity index is 1160. The first-order chi connectivity index (χ1) is 18.9. The van der Waals surface area contributed by atoms with Gasteiger partial charge in [-0.25, -0.2) is 9.97 Å². The molecule has 1 atom stereocenters. The highest BCUT2D eigenvalue weighted by Crippen LogP contribution is 2.29. The highest BCUT2D eigenvalue weighted by atomic mass is 35.5. The zero-order valence-electron chi connectivity index (χ0n) is 23.2. The number of benzene rings is 1. The number of aryl methyl sites for hydroxylation is 3.